The van der Waals surface area contributed by atoms with E-state index in [1.807, 2.05) is 7.05 Å². The topological polar surface area (TPSA) is 122 Å². The predicted octanol–water partition coefficient (Wildman–Crippen LogP) is -0.256. The second kappa shape index (κ2) is 7.23. The number of carboxylic acid groups (broad SMARTS) is 1. The van der Waals surface area contributed by atoms with Crippen LogP contribution < -0.4 is 16.4 Å². The van der Waals surface area contributed by atoms with Crippen molar-refractivity contribution in [2.75, 3.05) is 7.05 Å². The monoisotopic (exact) mass is 285 g/mol. The summed E-state index contributed by atoms with van der Waals surface area (Å²) in [6.45, 7) is 0. The Kier molecular flexibility index (Phi) is 5.94. The molecule has 1 unspecified atom stereocenters. The molecular formula is C13H23N3O4. The van der Waals surface area contributed by atoms with Crippen molar-refractivity contribution < 1.29 is 19.5 Å². The smallest absolute Gasteiger partial charge is 0.326 e. The molecule has 0 saturated heterocycles. The summed E-state index contributed by atoms with van der Waals surface area (Å²) >= 11 is 0. The molecule has 1 aliphatic rings. The number of carboxylic acids is 1. The normalized spacial score (nSPS) is 19.1. The van der Waals surface area contributed by atoms with Gasteiger partial charge in [-0.3, -0.25) is 9.59 Å². The molecular weight excluding hydrogens is 262 g/mol. The number of carbonyl (C=O) groups is 3. The van der Waals surface area contributed by atoms with Crippen LogP contribution >= 0.6 is 0 Å². The van der Waals surface area contributed by atoms with E-state index in [-0.39, 0.29) is 17.9 Å². The summed E-state index contributed by atoms with van der Waals surface area (Å²) in [6.07, 6.45) is 4.87. The quantitative estimate of drug-likeness (QED) is 0.513. The highest BCUT2D eigenvalue weighted by Crippen LogP contribution is 2.30. The molecule has 0 aliphatic heterocycles. The molecule has 0 aromatic rings. The number of primary amides is 1. The van der Waals surface area contributed by atoms with E-state index in [4.69, 9.17) is 10.8 Å². The van der Waals surface area contributed by atoms with Crippen molar-refractivity contribution in [3.63, 3.8) is 0 Å². The van der Waals surface area contributed by atoms with E-state index >= 15 is 0 Å². The molecule has 0 bridgehead atoms. The summed E-state index contributed by atoms with van der Waals surface area (Å²) in [7, 11) is 1.82. The zero-order valence-corrected chi connectivity index (χ0v) is 11.8. The Labute approximate surface area is 118 Å². The molecule has 1 rings (SSSR count). The van der Waals surface area contributed by atoms with Crippen LogP contribution in [0.1, 0.15) is 44.9 Å². The first-order chi connectivity index (χ1) is 9.38. The maximum absolute atomic E-state index is 12.0. The third kappa shape index (κ3) is 4.80. The SMILES string of the molecule is CNC1(CC(=O)NC(CC(N)=O)C(=O)O)CCCCC1. The molecule has 20 heavy (non-hydrogen) atoms. The number of carbonyl (C=O) groups excluding carboxylic acids is 2. The van der Waals surface area contributed by atoms with Crippen molar-refractivity contribution in [2.24, 2.45) is 5.73 Å². The third-order valence-corrected chi connectivity index (χ3v) is 3.88. The summed E-state index contributed by atoms with van der Waals surface area (Å²) in [5.41, 5.74) is 4.71. The van der Waals surface area contributed by atoms with Crippen molar-refractivity contribution in [1.82, 2.24) is 10.6 Å². The van der Waals surface area contributed by atoms with Gasteiger partial charge in [-0.15, -0.1) is 0 Å². The fourth-order valence-corrected chi connectivity index (χ4v) is 2.70. The summed E-state index contributed by atoms with van der Waals surface area (Å²) < 4.78 is 0. The molecule has 0 aromatic heterocycles. The molecule has 0 spiro atoms. The van der Waals surface area contributed by atoms with Crippen LogP contribution in [0.5, 0.6) is 0 Å². The van der Waals surface area contributed by atoms with E-state index < -0.39 is 24.3 Å². The standard InChI is InChI=1S/C13H23N3O4/c1-15-13(5-3-2-4-6-13)8-11(18)16-9(12(19)20)7-10(14)17/h9,15H,2-8H2,1H3,(H2,14,17)(H,16,18)(H,19,20). The van der Waals surface area contributed by atoms with Gasteiger partial charge in [0.2, 0.25) is 11.8 Å². The fourth-order valence-electron chi connectivity index (χ4n) is 2.70. The second-order valence-corrected chi connectivity index (χ2v) is 5.40. The zero-order valence-electron chi connectivity index (χ0n) is 11.8. The Morgan fingerprint density at radius 1 is 1.25 bits per heavy atom. The lowest BCUT2D eigenvalue weighted by Gasteiger charge is -2.36. The summed E-state index contributed by atoms with van der Waals surface area (Å²) in [5.74, 6) is -2.37. The number of nitrogens with two attached hydrogens (primary N) is 1. The van der Waals surface area contributed by atoms with Crippen molar-refractivity contribution in [2.45, 2.75) is 56.5 Å². The summed E-state index contributed by atoms with van der Waals surface area (Å²) in [6, 6.07) is -1.25. The van der Waals surface area contributed by atoms with Crippen LogP contribution in [0.4, 0.5) is 0 Å². The van der Waals surface area contributed by atoms with Gasteiger partial charge in [0.05, 0.1) is 6.42 Å². The molecule has 7 nitrogen and oxygen atoms in total. The van der Waals surface area contributed by atoms with Crippen LogP contribution in [0.3, 0.4) is 0 Å². The van der Waals surface area contributed by atoms with Crippen LogP contribution in [0.15, 0.2) is 0 Å². The van der Waals surface area contributed by atoms with Gasteiger partial charge in [0.25, 0.3) is 0 Å². The van der Waals surface area contributed by atoms with Crippen LogP contribution in [0.2, 0.25) is 0 Å². The molecule has 114 valence electrons. The van der Waals surface area contributed by atoms with Gasteiger partial charge < -0.3 is 21.5 Å². The minimum atomic E-state index is -1.25. The predicted molar refractivity (Wildman–Crippen MR) is 72.9 cm³/mol. The molecule has 0 aromatic carbocycles. The van der Waals surface area contributed by atoms with Crippen molar-refractivity contribution in [3.05, 3.63) is 0 Å². The lowest BCUT2D eigenvalue weighted by Crippen LogP contribution is -2.51. The Hall–Kier alpha value is -1.63. The van der Waals surface area contributed by atoms with Gasteiger partial charge in [0, 0.05) is 12.0 Å². The Morgan fingerprint density at radius 2 is 1.85 bits per heavy atom. The van der Waals surface area contributed by atoms with E-state index in [1.54, 1.807) is 0 Å². The number of hydrogen-bond donors (Lipinski definition) is 4. The van der Waals surface area contributed by atoms with Gasteiger partial charge in [-0.1, -0.05) is 19.3 Å². The fraction of sp³-hybridized carbons (Fsp3) is 0.769. The molecule has 1 aliphatic carbocycles. The first kappa shape index (κ1) is 16.4. The number of amides is 2. The minimum Gasteiger partial charge on any atom is -0.480 e. The van der Waals surface area contributed by atoms with E-state index in [9.17, 15) is 14.4 Å². The van der Waals surface area contributed by atoms with E-state index in [1.165, 1.54) is 0 Å². The lowest BCUT2D eigenvalue weighted by molar-refractivity contribution is -0.143. The Balaban J connectivity index is 2.59. The molecule has 1 atom stereocenters. The molecule has 1 fully saturated rings. The molecule has 0 heterocycles. The number of rotatable bonds is 7. The third-order valence-electron chi connectivity index (χ3n) is 3.88. The number of nitrogens with one attached hydrogen (secondary N) is 2. The number of hydrogen-bond acceptors (Lipinski definition) is 4. The van der Waals surface area contributed by atoms with E-state index in [2.05, 4.69) is 10.6 Å². The van der Waals surface area contributed by atoms with E-state index in [0.29, 0.717) is 0 Å². The highest BCUT2D eigenvalue weighted by Gasteiger charge is 2.33. The van der Waals surface area contributed by atoms with E-state index in [0.717, 1.165) is 32.1 Å². The first-order valence-electron chi connectivity index (χ1n) is 6.88. The minimum absolute atomic E-state index is 0.214. The van der Waals surface area contributed by atoms with Crippen LogP contribution in [0.25, 0.3) is 0 Å². The highest BCUT2D eigenvalue weighted by atomic mass is 16.4. The highest BCUT2D eigenvalue weighted by molar-refractivity contribution is 5.88. The van der Waals surface area contributed by atoms with Gasteiger partial charge in [-0.2, -0.15) is 0 Å². The van der Waals surface area contributed by atoms with Crippen molar-refractivity contribution in [1.29, 1.82) is 0 Å². The Bertz CT molecular complexity index is 378. The van der Waals surface area contributed by atoms with Crippen molar-refractivity contribution in [3.8, 4) is 0 Å². The molecule has 2 amide bonds. The molecule has 0 radical (unpaired) electrons. The largest absolute Gasteiger partial charge is 0.480 e. The molecule has 1 saturated carbocycles. The molecule has 7 heteroatoms. The average molecular weight is 285 g/mol. The summed E-state index contributed by atoms with van der Waals surface area (Å²) in [5, 5.41) is 14.5. The first-order valence-corrected chi connectivity index (χ1v) is 6.88. The second-order valence-electron chi connectivity index (χ2n) is 5.40. The summed E-state index contributed by atoms with van der Waals surface area (Å²) in [4.78, 5) is 33.8. The van der Waals surface area contributed by atoms with Crippen molar-refractivity contribution >= 4 is 17.8 Å². The zero-order chi connectivity index (χ0) is 15.2. The van der Waals surface area contributed by atoms with Gasteiger partial charge in [0.1, 0.15) is 6.04 Å². The van der Waals surface area contributed by atoms with Gasteiger partial charge in [0.15, 0.2) is 0 Å². The maximum atomic E-state index is 12.0. The lowest BCUT2D eigenvalue weighted by atomic mass is 9.79. The van der Waals surface area contributed by atoms with Gasteiger partial charge in [-0.25, -0.2) is 4.79 Å². The molecule has 5 N–H and O–H groups in total. The Morgan fingerprint density at radius 3 is 2.30 bits per heavy atom. The van der Waals surface area contributed by atoms with Crippen LogP contribution in [0, 0.1) is 0 Å². The van der Waals surface area contributed by atoms with Gasteiger partial charge in [-0.05, 0) is 19.9 Å². The van der Waals surface area contributed by atoms with Crippen LogP contribution in [-0.2, 0) is 14.4 Å². The number of aliphatic carboxylic acids is 1. The maximum Gasteiger partial charge on any atom is 0.326 e. The van der Waals surface area contributed by atoms with Crippen LogP contribution in [-0.4, -0.2) is 41.5 Å². The van der Waals surface area contributed by atoms with Gasteiger partial charge >= 0.3 is 5.97 Å². The average Bonchev–Trinajstić information content (AvgIpc) is 2.38.